The summed E-state index contributed by atoms with van der Waals surface area (Å²) in [6.45, 7) is 0.879. The van der Waals surface area contributed by atoms with Gasteiger partial charge in [0.05, 0.1) is 18.0 Å². The Balaban J connectivity index is 1.48. The van der Waals surface area contributed by atoms with Gasteiger partial charge in [-0.1, -0.05) is 61.4 Å². The first-order chi connectivity index (χ1) is 18.9. The van der Waals surface area contributed by atoms with Crippen LogP contribution in [-0.4, -0.2) is 86.2 Å². The van der Waals surface area contributed by atoms with Gasteiger partial charge >= 0.3 is 0 Å². The molecule has 0 bridgehead atoms. The zero-order valence-electron chi connectivity index (χ0n) is 22.9. The van der Waals surface area contributed by atoms with E-state index >= 15 is 0 Å². The third kappa shape index (κ3) is 8.35. The number of rotatable bonds is 13. The van der Waals surface area contributed by atoms with Crippen molar-refractivity contribution < 1.29 is 27.8 Å². The highest BCUT2D eigenvalue weighted by atomic mass is 32.2. The van der Waals surface area contributed by atoms with E-state index in [-0.39, 0.29) is 37.8 Å². The third-order valence-corrected chi connectivity index (χ3v) is 10.1. The van der Waals surface area contributed by atoms with E-state index in [1.807, 2.05) is 48.5 Å². The molecule has 2 aromatic rings. The van der Waals surface area contributed by atoms with E-state index in [1.54, 1.807) is 24.1 Å². The SMILES string of the molecule is COC1CCC(S(=O)(=O)N(CC2CCCC2)C[C@@H](O)CN(CCc2ccccc2)C(=O)c2ccccc2)CO1. The van der Waals surface area contributed by atoms with E-state index in [0.717, 1.165) is 31.2 Å². The van der Waals surface area contributed by atoms with Gasteiger partial charge in [0.1, 0.15) is 0 Å². The lowest BCUT2D eigenvalue weighted by molar-refractivity contribution is -0.144. The first-order valence-electron chi connectivity index (χ1n) is 14.1. The summed E-state index contributed by atoms with van der Waals surface area (Å²) in [5.74, 6) is 0.102. The Hall–Kier alpha value is -2.30. The van der Waals surface area contributed by atoms with Crippen LogP contribution in [0.2, 0.25) is 0 Å². The molecule has 1 saturated heterocycles. The fraction of sp³-hybridized carbons (Fsp3) is 0.567. The predicted octanol–water partition coefficient (Wildman–Crippen LogP) is 3.71. The van der Waals surface area contributed by atoms with Crippen molar-refractivity contribution >= 4 is 15.9 Å². The smallest absolute Gasteiger partial charge is 0.253 e. The van der Waals surface area contributed by atoms with Crippen molar-refractivity contribution in [2.45, 2.75) is 62.6 Å². The fourth-order valence-electron chi connectivity index (χ4n) is 5.59. The lowest BCUT2D eigenvalue weighted by atomic mass is 10.1. The van der Waals surface area contributed by atoms with Gasteiger partial charge in [0.25, 0.3) is 5.91 Å². The number of sulfonamides is 1. The minimum absolute atomic E-state index is 0.0458. The van der Waals surface area contributed by atoms with Crippen LogP contribution in [0, 0.1) is 5.92 Å². The predicted molar refractivity (Wildman–Crippen MR) is 151 cm³/mol. The summed E-state index contributed by atoms with van der Waals surface area (Å²) in [5, 5.41) is 10.6. The summed E-state index contributed by atoms with van der Waals surface area (Å²) < 4.78 is 39.9. The molecule has 0 aromatic heterocycles. The Bertz CT molecular complexity index is 1120. The number of hydrogen-bond donors (Lipinski definition) is 1. The molecule has 2 fully saturated rings. The fourth-order valence-corrected chi connectivity index (χ4v) is 7.50. The number of ether oxygens (including phenoxy) is 2. The number of benzene rings is 2. The molecule has 1 amide bonds. The van der Waals surface area contributed by atoms with E-state index in [1.165, 1.54) is 4.31 Å². The third-order valence-electron chi connectivity index (χ3n) is 7.84. The van der Waals surface area contributed by atoms with Gasteiger partial charge in [0, 0.05) is 38.9 Å². The second kappa shape index (κ2) is 14.4. The second-order valence-corrected chi connectivity index (χ2v) is 12.9. The van der Waals surface area contributed by atoms with Crippen LogP contribution in [-0.2, 0) is 25.9 Å². The van der Waals surface area contributed by atoms with E-state index < -0.39 is 21.4 Å². The Morgan fingerprint density at radius 2 is 1.67 bits per heavy atom. The van der Waals surface area contributed by atoms with E-state index in [2.05, 4.69) is 0 Å². The zero-order valence-corrected chi connectivity index (χ0v) is 23.7. The summed E-state index contributed by atoms with van der Waals surface area (Å²) in [5.41, 5.74) is 1.63. The number of aliphatic hydroxyl groups is 1. The standard InChI is InChI=1S/C30H42N2O6S/c1-37-29-17-16-28(23-38-29)39(35,36)32(20-25-12-8-9-13-25)22-27(33)21-31(19-18-24-10-4-2-5-11-24)30(34)26-14-6-3-7-15-26/h2-7,10-11,14-15,25,27-29,33H,8-9,12-13,16-23H2,1H3/t27-,28?,29?/m0/s1. The van der Waals surface area contributed by atoms with Crippen LogP contribution in [0.5, 0.6) is 0 Å². The molecule has 1 aliphatic carbocycles. The molecule has 0 radical (unpaired) electrons. The van der Waals surface area contributed by atoms with Gasteiger partial charge in [-0.2, -0.15) is 4.31 Å². The largest absolute Gasteiger partial charge is 0.390 e. The first kappa shape index (κ1) is 29.7. The van der Waals surface area contributed by atoms with Crippen molar-refractivity contribution in [3.63, 3.8) is 0 Å². The van der Waals surface area contributed by atoms with E-state index in [4.69, 9.17) is 9.47 Å². The highest BCUT2D eigenvalue weighted by Crippen LogP contribution is 2.29. The molecule has 1 N–H and O–H groups in total. The maximum Gasteiger partial charge on any atom is 0.253 e. The number of nitrogens with zero attached hydrogens (tertiary/aromatic N) is 2. The van der Waals surface area contributed by atoms with Crippen molar-refractivity contribution in [3.05, 3.63) is 71.8 Å². The molecular weight excluding hydrogens is 516 g/mol. The Labute approximate surface area is 233 Å². The molecule has 2 unspecified atom stereocenters. The van der Waals surface area contributed by atoms with Crippen LogP contribution >= 0.6 is 0 Å². The molecule has 1 aliphatic heterocycles. The Morgan fingerprint density at radius 1 is 1.00 bits per heavy atom. The Kier molecular flexibility index (Phi) is 10.9. The first-order valence-corrected chi connectivity index (χ1v) is 15.6. The average molecular weight is 559 g/mol. The van der Waals surface area contributed by atoms with Crippen LogP contribution in [0.1, 0.15) is 54.4 Å². The minimum atomic E-state index is -3.71. The molecule has 3 atom stereocenters. The monoisotopic (exact) mass is 558 g/mol. The molecule has 1 heterocycles. The van der Waals surface area contributed by atoms with Crippen molar-refractivity contribution in [3.8, 4) is 0 Å². The van der Waals surface area contributed by atoms with Crippen molar-refractivity contribution in [2.75, 3.05) is 39.9 Å². The van der Waals surface area contributed by atoms with Crippen LogP contribution in [0.15, 0.2) is 60.7 Å². The molecule has 39 heavy (non-hydrogen) atoms. The highest BCUT2D eigenvalue weighted by Gasteiger charge is 2.38. The highest BCUT2D eigenvalue weighted by molar-refractivity contribution is 7.89. The van der Waals surface area contributed by atoms with Gasteiger partial charge < -0.3 is 19.5 Å². The number of carbonyl (C=O) groups is 1. The summed E-state index contributed by atoms with van der Waals surface area (Å²) >= 11 is 0. The molecule has 2 aliphatic rings. The molecule has 2 aromatic carbocycles. The molecule has 0 spiro atoms. The summed E-state index contributed by atoms with van der Waals surface area (Å²) in [4.78, 5) is 15.1. The van der Waals surface area contributed by atoms with Crippen LogP contribution in [0.4, 0.5) is 0 Å². The maximum atomic E-state index is 13.8. The van der Waals surface area contributed by atoms with Crippen molar-refractivity contribution in [1.82, 2.24) is 9.21 Å². The van der Waals surface area contributed by atoms with Crippen molar-refractivity contribution in [1.29, 1.82) is 0 Å². The van der Waals surface area contributed by atoms with Crippen LogP contribution in [0.25, 0.3) is 0 Å². The van der Waals surface area contributed by atoms with Gasteiger partial charge in [0.15, 0.2) is 6.29 Å². The molecule has 9 heteroatoms. The average Bonchev–Trinajstić information content (AvgIpc) is 3.49. The lowest BCUT2D eigenvalue weighted by Crippen LogP contribution is -2.50. The van der Waals surface area contributed by atoms with Gasteiger partial charge in [-0.3, -0.25) is 4.79 Å². The summed E-state index contributed by atoms with van der Waals surface area (Å²) in [7, 11) is -2.15. The lowest BCUT2D eigenvalue weighted by Gasteiger charge is -2.35. The topological polar surface area (TPSA) is 96.4 Å². The molecule has 4 rings (SSSR count). The van der Waals surface area contributed by atoms with Gasteiger partial charge in [-0.25, -0.2) is 8.42 Å². The number of carbonyl (C=O) groups excluding carboxylic acids is 1. The number of hydrogen-bond acceptors (Lipinski definition) is 6. The van der Waals surface area contributed by atoms with E-state index in [0.29, 0.717) is 37.9 Å². The number of amides is 1. The zero-order chi connectivity index (χ0) is 27.7. The minimum Gasteiger partial charge on any atom is -0.390 e. The van der Waals surface area contributed by atoms with Gasteiger partial charge in [-0.05, 0) is 55.7 Å². The van der Waals surface area contributed by atoms with Crippen molar-refractivity contribution in [2.24, 2.45) is 5.92 Å². The Morgan fingerprint density at radius 3 is 2.28 bits per heavy atom. The van der Waals surface area contributed by atoms with Gasteiger partial charge in [0.2, 0.25) is 10.0 Å². The maximum absolute atomic E-state index is 13.8. The summed E-state index contributed by atoms with van der Waals surface area (Å²) in [6.07, 6.45) is 4.37. The van der Waals surface area contributed by atoms with E-state index in [9.17, 15) is 18.3 Å². The molecule has 214 valence electrons. The van der Waals surface area contributed by atoms with Crippen LogP contribution in [0.3, 0.4) is 0 Å². The molecular formula is C30H42N2O6S. The quantitative estimate of drug-likeness (QED) is 0.403. The second-order valence-electron chi connectivity index (χ2n) is 10.7. The van der Waals surface area contributed by atoms with Gasteiger partial charge in [-0.15, -0.1) is 0 Å². The van der Waals surface area contributed by atoms with Crippen LogP contribution < -0.4 is 0 Å². The molecule has 8 nitrogen and oxygen atoms in total. The molecule has 1 saturated carbocycles. The number of aliphatic hydroxyl groups excluding tert-OH is 1. The summed E-state index contributed by atoms with van der Waals surface area (Å²) in [6, 6.07) is 18.9. The normalized spacial score (nSPS) is 21.2. The number of methoxy groups -OCH3 is 1.